The summed E-state index contributed by atoms with van der Waals surface area (Å²) in [5.74, 6) is 0.743. The molecule has 0 radical (unpaired) electrons. The Hall–Kier alpha value is -3.24. The lowest BCUT2D eigenvalue weighted by molar-refractivity contribution is -0.122. The fourth-order valence-electron chi connectivity index (χ4n) is 2.16. The summed E-state index contributed by atoms with van der Waals surface area (Å²) in [5.41, 5.74) is 6.56. The number of ether oxygens (including phenoxy) is 1. The molecule has 1 amide bonds. The summed E-state index contributed by atoms with van der Waals surface area (Å²) in [6, 6.07) is 14.2. The number of thiocarbonyl (C=S) groups is 1. The first kappa shape index (κ1) is 19.5. The second-order valence-corrected chi connectivity index (χ2v) is 6.35. The zero-order valence-electron chi connectivity index (χ0n) is 14.7. The van der Waals surface area contributed by atoms with Crippen molar-refractivity contribution in [1.82, 2.24) is 31.1 Å². The largest absolute Gasteiger partial charge is 0.497 e. The highest BCUT2D eigenvalue weighted by Gasteiger charge is 2.10. The first-order valence-corrected chi connectivity index (χ1v) is 8.86. The molecule has 3 N–H and O–H groups in total. The third-order valence-corrected chi connectivity index (χ3v) is 3.96. The maximum atomic E-state index is 12.0. The number of carbonyl (C=O) groups excluding carboxylic acids is 1. The molecule has 144 valence electrons. The number of benzene rings is 2. The number of methoxy groups -OCH3 is 1. The van der Waals surface area contributed by atoms with Crippen LogP contribution in [-0.2, 0) is 11.3 Å². The standard InChI is InChI=1S/C17H16ClN7O2S/c1-27-14-8-2-11(3-9-14)16-21-24-25(23-16)10-15(26)20-22-17(28)19-13-6-4-12(18)5-7-13/h2-9H,10H2,1H3,(H,20,26)(H2,19,22,28). The molecule has 3 aromatic rings. The molecule has 11 heteroatoms. The Kier molecular flexibility index (Phi) is 6.35. The number of aromatic nitrogens is 4. The number of hydrogen-bond acceptors (Lipinski definition) is 6. The lowest BCUT2D eigenvalue weighted by Gasteiger charge is -2.11. The summed E-state index contributed by atoms with van der Waals surface area (Å²) in [4.78, 5) is 13.2. The molecule has 0 aliphatic rings. The highest BCUT2D eigenvalue weighted by atomic mass is 35.5. The fourth-order valence-corrected chi connectivity index (χ4v) is 2.45. The molecule has 2 aromatic carbocycles. The van der Waals surface area contributed by atoms with Gasteiger partial charge in [-0.3, -0.25) is 15.6 Å². The van der Waals surface area contributed by atoms with Crippen molar-refractivity contribution in [3.8, 4) is 17.1 Å². The average molecular weight is 418 g/mol. The number of amides is 1. The van der Waals surface area contributed by atoms with E-state index in [1.165, 1.54) is 4.80 Å². The zero-order chi connectivity index (χ0) is 19.9. The van der Waals surface area contributed by atoms with Gasteiger partial charge in [-0.2, -0.15) is 4.80 Å². The minimum absolute atomic E-state index is 0.125. The molecule has 0 fully saturated rings. The Balaban J connectivity index is 1.48. The Morgan fingerprint density at radius 3 is 2.54 bits per heavy atom. The van der Waals surface area contributed by atoms with Crippen molar-refractivity contribution < 1.29 is 9.53 Å². The first-order valence-electron chi connectivity index (χ1n) is 8.07. The van der Waals surface area contributed by atoms with E-state index in [1.807, 2.05) is 12.1 Å². The van der Waals surface area contributed by atoms with Crippen LogP contribution in [0.4, 0.5) is 5.69 Å². The third-order valence-electron chi connectivity index (χ3n) is 3.50. The highest BCUT2D eigenvalue weighted by Crippen LogP contribution is 2.18. The van der Waals surface area contributed by atoms with E-state index >= 15 is 0 Å². The van der Waals surface area contributed by atoms with Gasteiger partial charge in [0, 0.05) is 16.3 Å². The molecule has 0 saturated heterocycles. The van der Waals surface area contributed by atoms with Gasteiger partial charge in [0.05, 0.1) is 7.11 Å². The van der Waals surface area contributed by atoms with E-state index in [0.29, 0.717) is 10.8 Å². The van der Waals surface area contributed by atoms with Gasteiger partial charge < -0.3 is 10.1 Å². The molecule has 0 bridgehead atoms. The van der Waals surface area contributed by atoms with Crippen molar-refractivity contribution in [2.45, 2.75) is 6.54 Å². The van der Waals surface area contributed by atoms with Crippen LogP contribution in [0.3, 0.4) is 0 Å². The van der Waals surface area contributed by atoms with E-state index < -0.39 is 0 Å². The Labute approximate surface area is 171 Å². The number of tetrazole rings is 1. The van der Waals surface area contributed by atoms with E-state index in [4.69, 9.17) is 28.6 Å². The van der Waals surface area contributed by atoms with E-state index in [9.17, 15) is 4.79 Å². The number of nitrogens with one attached hydrogen (secondary N) is 3. The molecule has 9 nitrogen and oxygen atoms in total. The van der Waals surface area contributed by atoms with Gasteiger partial charge in [0.1, 0.15) is 12.3 Å². The van der Waals surface area contributed by atoms with Crippen LogP contribution in [0.1, 0.15) is 0 Å². The van der Waals surface area contributed by atoms with Crippen molar-refractivity contribution >= 4 is 40.5 Å². The molecule has 0 spiro atoms. The summed E-state index contributed by atoms with van der Waals surface area (Å²) >= 11 is 10.9. The van der Waals surface area contributed by atoms with Crippen LogP contribution in [0.5, 0.6) is 5.75 Å². The van der Waals surface area contributed by atoms with Crippen molar-refractivity contribution in [2.75, 3.05) is 12.4 Å². The minimum atomic E-state index is -0.390. The molecular formula is C17H16ClN7O2S. The van der Waals surface area contributed by atoms with E-state index in [-0.39, 0.29) is 17.6 Å². The van der Waals surface area contributed by atoms with Gasteiger partial charge in [-0.15, -0.1) is 10.2 Å². The van der Waals surface area contributed by atoms with Crippen LogP contribution in [0.25, 0.3) is 11.4 Å². The van der Waals surface area contributed by atoms with E-state index in [0.717, 1.165) is 17.0 Å². The van der Waals surface area contributed by atoms with Gasteiger partial charge >= 0.3 is 0 Å². The molecule has 0 saturated carbocycles. The maximum absolute atomic E-state index is 12.0. The number of hydrogen-bond donors (Lipinski definition) is 3. The second-order valence-electron chi connectivity index (χ2n) is 5.51. The van der Waals surface area contributed by atoms with Crippen LogP contribution in [-0.4, -0.2) is 38.3 Å². The molecule has 3 rings (SSSR count). The molecule has 28 heavy (non-hydrogen) atoms. The molecule has 0 unspecified atom stereocenters. The van der Waals surface area contributed by atoms with Crippen molar-refractivity contribution in [1.29, 1.82) is 0 Å². The SMILES string of the molecule is COc1ccc(-c2nnn(CC(=O)NNC(=S)Nc3ccc(Cl)cc3)n2)cc1. The summed E-state index contributed by atoms with van der Waals surface area (Å²) in [6.45, 7) is -0.125. The molecule has 0 aliphatic heterocycles. The Morgan fingerprint density at radius 1 is 1.14 bits per heavy atom. The number of nitrogens with zero attached hydrogens (tertiary/aromatic N) is 4. The topological polar surface area (TPSA) is 106 Å². The van der Waals surface area contributed by atoms with Crippen molar-refractivity contribution in [3.63, 3.8) is 0 Å². The fraction of sp³-hybridized carbons (Fsp3) is 0.118. The van der Waals surface area contributed by atoms with E-state index in [2.05, 4.69) is 31.6 Å². The molecule has 1 heterocycles. The summed E-state index contributed by atoms with van der Waals surface area (Å²) in [6.07, 6.45) is 0. The van der Waals surface area contributed by atoms with Gasteiger partial charge in [-0.05, 0) is 66.0 Å². The summed E-state index contributed by atoms with van der Waals surface area (Å²) < 4.78 is 5.11. The normalized spacial score (nSPS) is 10.2. The van der Waals surface area contributed by atoms with Crippen LogP contribution >= 0.6 is 23.8 Å². The Bertz CT molecular complexity index is 960. The van der Waals surface area contributed by atoms with Gasteiger partial charge in [0.25, 0.3) is 5.91 Å². The molecule has 0 aliphatic carbocycles. The number of anilines is 1. The van der Waals surface area contributed by atoms with Gasteiger partial charge in [-0.25, -0.2) is 0 Å². The first-order chi connectivity index (χ1) is 13.5. The third kappa shape index (κ3) is 5.38. The highest BCUT2D eigenvalue weighted by molar-refractivity contribution is 7.80. The van der Waals surface area contributed by atoms with Crippen LogP contribution in [0, 0.1) is 0 Å². The van der Waals surface area contributed by atoms with Gasteiger partial charge in [0.2, 0.25) is 5.82 Å². The van der Waals surface area contributed by atoms with Crippen molar-refractivity contribution in [2.24, 2.45) is 0 Å². The lowest BCUT2D eigenvalue weighted by atomic mass is 10.2. The molecule has 0 atom stereocenters. The lowest BCUT2D eigenvalue weighted by Crippen LogP contribution is -2.45. The van der Waals surface area contributed by atoms with Gasteiger partial charge in [0.15, 0.2) is 5.11 Å². The maximum Gasteiger partial charge on any atom is 0.262 e. The molecular weight excluding hydrogens is 402 g/mol. The van der Waals surface area contributed by atoms with E-state index in [1.54, 1.807) is 43.5 Å². The number of hydrazine groups is 1. The Morgan fingerprint density at radius 2 is 1.86 bits per heavy atom. The second kappa shape index (κ2) is 9.11. The summed E-state index contributed by atoms with van der Waals surface area (Å²) in [5, 5.41) is 15.8. The molecule has 1 aromatic heterocycles. The van der Waals surface area contributed by atoms with Crippen LogP contribution in [0.2, 0.25) is 5.02 Å². The number of halogens is 1. The summed E-state index contributed by atoms with van der Waals surface area (Å²) in [7, 11) is 1.59. The predicted molar refractivity (Wildman–Crippen MR) is 109 cm³/mol. The average Bonchev–Trinajstić information content (AvgIpc) is 3.16. The zero-order valence-corrected chi connectivity index (χ0v) is 16.3. The predicted octanol–water partition coefficient (Wildman–Crippen LogP) is 2.02. The number of rotatable bonds is 5. The van der Waals surface area contributed by atoms with Gasteiger partial charge in [-0.1, -0.05) is 11.6 Å². The van der Waals surface area contributed by atoms with Crippen LogP contribution < -0.4 is 20.9 Å². The smallest absolute Gasteiger partial charge is 0.262 e. The monoisotopic (exact) mass is 417 g/mol. The minimum Gasteiger partial charge on any atom is -0.497 e. The quantitative estimate of drug-likeness (QED) is 0.427. The van der Waals surface area contributed by atoms with Crippen molar-refractivity contribution in [3.05, 3.63) is 53.6 Å². The van der Waals surface area contributed by atoms with Crippen LogP contribution in [0.15, 0.2) is 48.5 Å². The number of carbonyl (C=O) groups is 1.